The Morgan fingerprint density at radius 1 is 1.19 bits per heavy atom. The van der Waals surface area contributed by atoms with E-state index in [4.69, 9.17) is 10.5 Å². The summed E-state index contributed by atoms with van der Waals surface area (Å²) in [5.41, 5.74) is 8.71. The molecule has 0 fully saturated rings. The van der Waals surface area contributed by atoms with Crippen molar-refractivity contribution in [1.29, 1.82) is 0 Å². The van der Waals surface area contributed by atoms with Crippen molar-refractivity contribution in [2.45, 2.75) is 45.2 Å². The molecule has 6 heteroatoms. The van der Waals surface area contributed by atoms with E-state index in [1.165, 1.54) is 18.2 Å². The second kappa shape index (κ2) is 8.31. The largest absolute Gasteiger partial charge is 0.423 e. The maximum absolute atomic E-state index is 13.4. The molecular weight excluding hydrogens is 347 g/mol. The molecule has 0 unspecified atom stereocenters. The zero-order valence-corrected chi connectivity index (χ0v) is 15.3. The van der Waals surface area contributed by atoms with Crippen molar-refractivity contribution in [3.05, 3.63) is 64.5 Å². The normalized spacial score (nSPS) is 14.3. The summed E-state index contributed by atoms with van der Waals surface area (Å²) in [6.45, 7) is 2.24. The van der Waals surface area contributed by atoms with Gasteiger partial charge in [0.1, 0.15) is 11.6 Å². The monoisotopic (exact) mass is 370 g/mol. The standard InChI is InChI=1S/C21H23FN2O3/c1-13(20(23)25)24-12-15-9-10-19(18-8-3-2-7-17(15)18)27-21(26)14-5-4-6-16(22)11-14/h4-6,9-11,13,24H,2-3,7-8,12H2,1H3,(H2,23,25)/t13-/m0/s1. The Bertz CT molecular complexity index is 867. The molecule has 0 heterocycles. The Hall–Kier alpha value is -2.73. The number of ether oxygens (including phenoxy) is 1. The number of rotatable bonds is 6. The Labute approximate surface area is 157 Å². The third-order valence-corrected chi connectivity index (χ3v) is 4.88. The molecule has 1 amide bonds. The fourth-order valence-corrected chi connectivity index (χ4v) is 3.31. The van der Waals surface area contributed by atoms with E-state index in [2.05, 4.69) is 5.32 Å². The van der Waals surface area contributed by atoms with Gasteiger partial charge in [-0.25, -0.2) is 9.18 Å². The molecule has 0 saturated heterocycles. The van der Waals surface area contributed by atoms with Gasteiger partial charge < -0.3 is 15.8 Å². The zero-order chi connectivity index (χ0) is 19.4. The summed E-state index contributed by atoms with van der Waals surface area (Å²) in [5, 5.41) is 3.12. The van der Waals surface area contributed by atoms with Crippen LogP contribution in [0.4, 0.5) is 4.39 Å². The SMILES string of the molecule is C[C@H](NCc1ccc(OC(=O)c2cccc(F)c2)c2c1CCCC2)C(N)=O. The molecule has 0 radical (unpaired) electrons. The number of hydrogen-bond acceptors (Lipinski definition) is 4. The van der Waals surface area contributed by atoms with E-state index in [9.17, 15) is 14.0 Å². The Morgan fingerprint density at radius 2 is 1.93 bits per heavy atom. The van der Waals surface area contributed by atoms with Crippen LogP contribution in [0.2, 0.25) is 0 Å². The first-order chi connectivity index (χ1) is 13.0. The third kappa shape index (κ3) is 4.52. The van der Waals surface area contributed by atoms with Gasteiger partial charge in [-0.1, -0.05) is 12.1 Å². The first kappa shape index (κ1) is 19.0. The van der Waals surface area contributed by atoms with Crippen LogP contribution in [0.15, 0.2) is 36.4 Å². The second-order valence-electron chi connectivity index (χ2n) is 6.79. The number of carbonyl (C=O) groups is 2. The molecule has 3 rings (SSSR count). The Morgan fingerprint density at radius 3 is 2.63 bits per heavy atom. The lowest BCUT2D eigenvalue weighted by atomic mass is 9.87. The van der Waals surface area contributed by atoms with E-state index in [0.29, 0.717) is 12.3 Å². The number of amides is 1. The molecule has 2 aromatic carbocycles. The third-order valence-electron chi connectivity index (χ3n) is 4.88. The quantitative estimate of drug-likeness (QED) is 0.605. The van der Waals surface area contributed by atoms with Crippen LogP contribution >= 0.6 is 0 Å². The molecule has 0 aliphatic heterocycles. The summed E-state index contributed by atoms with van der Waals surface area (Å²) in [6, 6.07) is 8.71. The van der Waals surface area contributed by atoms with Gasteiger partial charge in [-0.2, -0.15) is 0 Å². The van der Waals surface area contributed by atoms with Gasteiger partial charge in [-0.3, -0.25) is 4.79 Å². The van der Waals surface area contributed by atoms with Crippen molar-refractivity contribution in [2.75, 3.05) is 0 Å². The highest BCUT2D eigenvalue weighted by molar-refractivity contribution is 5.91. The van der Waals surface area contributed by atoms with Gasteiger partial charge in [0.25, 0.3) is 0 Å². The Kier molecular flexibility index (Phi) is 5.86. The van der Waals surface area contributed by atoms with Crippen LogP contribution in [0.5, 0.6) is 5.75 Å². The van der Waals surface area contributed by atoms with Gasteiger partial charge in [0, 0.05) is 6.54 Å². The van der Waals surface area contributed by atoms with Crippen LogP contribution in [0.3, 0.4) is 0 Å². The molecule has 27 heavy (non-hydrogen) atoms. The second-order valence-corrected chi connectivity index (χ2v) is 6.79. The molecular formula is C21H23FN2O3. The van der Waals surface area contributed by atoms with Crippen molar-refractivity contribution in [3.63, 3.8) is 0 Å². The maximum atomic E-state index is 13.4. The van der Waals surface area contributed by atoms with Crippen molar-refractivity contribution in [3.8, 4) is 5.75 Å². The molecule has 5 nitrogen and oxygen atoms in total. The Balaban J connectivity index is 1.82. The topological polar surface area (TPSA) is 81.4 Å². The summed E-state index contributed by atoms with van der Waals surface area (Å²) in [4.78, 5) is 23.6. The lowest BCUT2D eigenvalue weighted by molar-refractivity contribution is -0.119. The van der Waals surface area contributed by atoms with Crippen LogP contribution in [0, 0.1) is 5.82 Å². The molecule has 3 N–H and O–H groups in total. The van der Waals surface area contributed by atoms with Crippen molar-refractivity contribution in [1.82, 2.24) is 5.32 Å². The average Bonchev–Trinajstić information content (AvgIpc) is 2.67. The minimum atomic E-state index is -0.574. The summed E-state index contributed by atoms with van der Waals surface area (Å²) < 4.78 is 18.9. The van der Waals surface area contributed by atoms with Gasteiger partial charge >= 0.3 is 5.97 Å². The highest BCUT2D eigenvalue weighted by atomic mass is 19.1. The van der Waals surface area contributed by atoms with Crippen LogP contribution < -0.4 is 15.8 Å². The van der Waals surface area contributed by atoms with Crippen molar-refractivity contribution >= 4 is 11.9 Å². The number of nitrogens with one attached hydrogen (secondary N) is 1. The summed E-state index contributed by atoms with van der Waals surface area (Å²) in [5.74, 6) is -0.929. The van der Waals surface area contributed by atoms with Crippen LogP contribution in [0.25, 0.3) is 0 Å². The van der Waals surface area contributed by atoms with E-state index in [0.717, 1.165) is 48.4 Å². The molecule has 1 aliphatic rings. The van der Waals surface area contributed by atoms with Gasteiger partial charge in [-0.05, 0) is 73.6 Å². The minimum Gasteiger partial charge on any atom is -0.423 e. The molecule has 1 atom stereocenters. The summed E-state index contributed by atoms with van der Waals surface area (Å²) in [7, 11) is 0. The molecule has 0 aromatic heterocycles. The first-order valence-electron chi connectivity index (χ1n) is 9.10. The highest BCUT2D eigenvalue weighted by Crippen LogP contribution is 2.33. The van der Waals surface area contributed by atoms with E-state index in [-0.39, 0.29) is 5.56 Å². The van der Waals surface area contributed by atoms with Gasteiger partial charge in [-0.15, -0.1) is 0 Å². The smallest absolute Gasteiger partial charge is 0.343 e. The van der Waals surface area contributed by atoms with Gasteiger partial charge in [0.05, 0.1) is 11.6 Å². The van der Waals surface area contributed by atoms with Crippen molar-refractivity contribution in [2.24, 2.45) is 5.73 Å². The van der Waals surface area contributed by atoms with Crippen LogP contribution in [-0.4, -0.2) is 17.9 Å². The number of carbonyl (C=O) groups excluding carboxylic acids is 2. The fourth-order valence-electron chi connectivity index (χ4n) is 3.31. The van der Waals surface area contributed by atoms with Crippen molar-refractivity contribution < 1.29 is 18.7 Å². The molecule has 2 aromatic rings. The van der Waals surface area contributed by atoms with Crippen LogP contribution in [-0.2, 0) is 24.2 Å². The highest BCUT2D eigenvalue weighted by Gasteiger charge is 2.21. The molecule has 0 spiro atoms. The number of esters is 1. The van der Waals surface area contributed by atoms with Gasteiger partial charge in [0.2, 0.25) is 5.91 Å². The number of halogens is 1. The van der Waals surface area contributed by atoms with Crippen LogP contribution in [0.1, 0.15) is 46.8 Å². The first-order valence-corrected chi connectivity index (χ1v) is 9.10. The average molecular weight is 370 g/mol. The molecule has 0 bridgehead atoms. The maximum Gasteiger partial charge on any atom is 0.343 e. The number of benzene rings is 2. The molecule has 1 aliphatic carbocycles. The summed E-state index contributed by atoms with van der Waals surface area (Å²) in [6.07, 6.45) is 3.79. The minimum absolute atomic E-state index is 0.181. The predicted octanol–water partition coefficient (Wildman–Crippen LogP) is 2.89. The van der Waals surface area contributed by atoms with Gasteiger partial charge in [0.15, 0.2) is 0 Å². The number of fused-ring (bicyclic) bond motifs is 1. The van der Waals surface area contributed by atoms with E-state index >= 15 is 0 Å². The zero-order valence-electron chi connectivity index (χ0n) is 15.3. The summed E-state index contributed by atoms with van der Waals surface area (Å²) >= 11 is 0. The lowest BCUT2D eigenvalue weighted by Crippen LogP contribution is -2.38. The predicted molar refractivity (Wildman–Crippen MR) is 99.9 cm³/mol. The number of nitrogens with two attached hydrogens (primary N) is 1. The number of primary amides is 1. The number of hydrogen-bond donors (Lipinski definition) is 2. The van der Waals surface area contributed by atoms with E-state index < -0.39 is 23.7 Å². The van der Waals surface area contributed by atoms with E-state index in [1.54, 1.807) is 13.0 Å². The lowest BCUT2D eigenvalue weighted by Gasteiger charge is -2.23. The molecule has 0 saturated carbocycles. The fraction of sp³-hybridized carbons (Fsp3) is 0.333. The molecule has 142 valence electrons. The van der Waals surface area contributed by atoms with E-state index in [1.807, 2.05) is 6.07 Å².